The zero-order valence-corrected chi connectivity index (χ0v) is 12.2. The number of carboxylic acid groups (broad SMARTS) is 1. The Morgan fingerprint density at radius 3 is 3.16 bits per heavy atom. The minimum atomic E-state index is -0.888. The summed E-state index contributed by atoms with van der Waals surface area (Å²) in [5.74, 6) is -0.0551. The topological polar surface area (TPSA) is 40.5 Å². The largest absolute Gasteiger partial charge is 0.478 e. The van der Waals surface area contributed by atoms with Crippen molar-refractivity contribution in [1.82, 2.24) is 4.90 Å². The maximum Gasteiger partial charge on any atom is 0.328 e. The maximum absolute atomic E-state index is 10.6. The number of nitrogens with zero attached hydrogens (tertiary/aromatic N) is 1. The second-order valence-electron chi connectivity index (χ2n) is 5.28. The predicted octanol–water partition coefficient (Wildman–Crippen LogP) is 3.47. The first-order valence-electron chi connectivity index (χ1n) is 6.85. The van der Waals surface area contributed by atoms with Crippen molar-refractivity contribution in [2.75, 3.05) is 13.1 Å². The second-order valence-corrected chi connectivity index (χ2v) is 6.28. The Kier molecular flexibility index (Phi) is 5.16. The second kappa shape index (κ2) is 6.87. The maximum atomic E-state index is 10.6. The Bertz CT molecular complexity index is 453. The van der Waals surface area contributed by atoms with Gasteiger partial charge < -0.3 is 5.11 Å². The highest BCUT2D eigenvalue weighted by atomic mass is 32.1. The van der Waals surface area contributed by atoms with Gasteiger partial charge in [-0.1, -0.05) is 6.92 Å². The minimum Gasteiger partial charge on any atom is -0.478 e. The van der Waals surface area contributed by atoms with E-state index in [1.807, 2.05) is 11.4 Å². The van der Waals surface area contributed by atoms with Crippen LogP contribution in [0.1, 0.15) is 36.6 Å². The fourth-order valence-corrected chi connectivity index (χ4v) is 3.38. The van der Waals surface area contributed by atoms with E-state index in [0.29, 0.717) is 0 Å². The summed E-state index contributed by atoms with van der Waals surface area (Å²) in [5.41, 5.74) is 1.05. The molecule has 104 valence electrons. The van der Waals surface area contributed by atoms with Crippen molar-refractivity contribution in [3.8, 4) is 0 Å². The monoisotopic (exact) mass is 279 g/mol. The normalized spacial score (nSPS) is 21.6. The molecule has 1 fully saturated rings. The van der Waals surface area contributed by atoms with E-state index < -0.39 is 5.97 Å². The first kappa shape index (κ1) is 14.3. The van der Waals surface area contributed by atoms with Gasteiger partial charge in [-0.15, -0.1) is 11.3 Å². The summed E-state index contributed by atoms with van der Waals surface area (Å²) in [6.45, 7) is 5.59. The van der Waals surface area contributed by atoms with Gasteiger partial charge in [0.1, 0.15) is 0 Å². The molecule has 0 amide bonds. The lowest BCUT2D eigenvalue weighted by Gasteiger charge is -2.19. The molecule has 1 aromatic rings. The third kappa shape index (κ3) is 4.48. The number of hydrogen-bond donors (Lipinski definition) is 1. The molecule has 0 aliphatic carbocycles. The SMILES string of the molecule is CC1CCCN(Cc2sccc2/C=C/C(=O)O)CC1. The van der Waals surface area contributed by atoms with Gasteiger partial charge in [0, 0.05) is 17.5 Å². The van der Waals surface area contributed by atoms with Crippen LogP contribution in [0, 0.1) is 5.92 Å². The first-order valence-corrected chi connectivity index (χ1v) is 7.73. The fourth-order valence-electron chi connectivity index (χ4n) is 2.47. The van der Waals surface area contributed by atoms with Crippen molar-refractivity contribution < 1.29 is 9.90 Å². The van der Waals surface area contributed by atoms with E-state index in [1.54, 1.807) is 17.4 Å². The van der Waals surface area contributed by atoms with Crippen molar-refractivity contribution >= 4 is 23.4 Å². The summed E-state index contributed by atoms with van der Waals surface area (Å²) in [6, 6.07) is 2.00. The third-order valence-corrected chi connectivity index (χ3v) is 4.58. The molecule has 1 atom stereocenters. The molecule has 2 rings (SSSR count). The highest BCUT2D eigenvalue weighted by molar-refractivity contribution is 7.10. The summed E-state index contributed by atoms with van der Waals surface area (Å²) >= 11 is 1.72. The quantitative estimate of drug-likeness (QED) is 0.858. The number of carboxylic acids is 1. The van der Waals surface area contributed by atoms with Crippen LogP contribution in [0.4, 0.5) is 0 Å². The van der Waals surface area contributed by atoms with E-state index in [4.69, 9.17) is 5.11 Å². The van der Waals surface area contributed by atoms with Crippen LogP contribution in [0.5, 0.6) is 0 Å². The standard InChI is InChI=1S/C15H21NO2S/c1-12-3-2-8-16(9-6-12)11-14-13(7-10-19-14)4-5-15(17)18/h4-5,7,10,12H,2-3,6,8-9,11H2,1H3,(H,17,18)/b5-4+. The van der Waals surface area contributed by atoms with Gasteiger partial charge in [-0.25, -0.2) is 4.79 Å². The molecular weight excluding hydrogens is 258 g/mol. The number of aliphatic carboxylic acids is 1. The lowest BCUT2D eigenvalue weighted by Crippen LogP contribution is -2.24. The molecule has 1 saturated heterocycles. The third-order valence-electron chi connectivity index (χ3n) is 3.66. The average Bonchev–Trinajstić information content (AvgIpc) is 2.70. The highest BCUT2D eigenvalue weighted by Crippen LogP contribution is 2.23. The molecule has 1 unspecified atom stereocenters. The Hall–Kier alpha value is -1.13. The number of hydrogen-bond acceptors (Lipinski definition) is 3. The van der Waals surface area contributed by atoms with Crippen molar-refractivity contribution in [1.29, 1.82) is 0 Å². The van der Waals surface area contributed by atoms with Crippen LogP contribution >= 0.6 is 11.3 Å². The van der Waals surface area contributed by atoms with Crippen LogP contribution in [-0.4, -0.2) is 29.1 Å². The van der Waals surface area contributed by atoms with Crippen LogP contribution in [0.25, 0.3) is 6.08 Å². The Morgan fingerprint density at radius 1 is 1.53 bits per heavy atom. The molecule has 0 radical (unpaired) electrons. The van der Waals surface area contributed by atoms with Gasteiger partial charge in [-0.05, 0) is 61.4 Å². The van der Waals surface area contributed by atoms with Gasteiger partial charge in [0.15, 0.2) is 0 Å². The summed E-state index contributed by atoms with van der Waals surface area (Å²) in [6.07, 6.45) is 6.79. The molecule has 1 aromatic heterocycles. The van der Waals surface area contributed by atoms with Gasteiger partial charge in [0.2, 0.25) is 0 Å². The molecule has 0 aromatic carbocycles. The number of thiophene rings is 1. The molecule has 4 heteroatoms. The van der Waals surface area contributed by atoms with Gasteiger partial charge in [0.25, 0.3) is 0 Å². The van der Waals surface area contributed by atoms with Gasteiger partial charge in [0.05, 0.1) is 0 Å². The van der Waals surface area contributed by atoms with Crippen LogP contribution in [0.2, 0.25) is 0 Å². The minimum absolute atomic E-state index is 0.833. The molecule has 19 heavy (non-hydrogen) atoms. The van der Waals surface area contributed by atoms with Crippen LogP contribution in [0.3, 0.4) is 0 Å². The number of carbonyl (C=O) groups is 1. The molecule has 0 spiro atoms. The summed E-state index contributed by atoms with van der Waals surface area (Å²) in [7, 11) is 0. The van der Waals surface area contributed by atoms with Crippen LogP contribution in [0.15, 0.2) is 17.5 Å². The van der Waals surface area contributed by atoms with E-state index in [-0.39, 0.29) is 0 Å². The Balaban J connectivity index is 1.99. The molecule has 0 saturated carbocycles. The summed E-state index contributed by atoms with van der Waals surface area (Å²) in [4.78, 5) is 14.3. The average molecular weight is 279 g/mol. The highest BCUT2D eigenvalue weighted by Gasteiger charge is 2.15. The van der Waals surface area contributed by atoms with E-state index in [0.717, 1.165) is 31.1 Å². The lowest BCUT2D eigenvalue weighted by atomic mass is 10.0. The number of likely N-dealkylation sites (tertiary alicyclic amines) is 1. The molecular formula is C15H21NO2S. The summed E-state index contributed by atoms with van der Waals surface area (Å²) in [5, 5.41) is 10.7. The predicted molar refractivity (Wildman–Crippen MR) is 79.3 cm³/mol. The molecule has 2 heterocycles. The molecule has 0 bridgehead atoms. The van der Waals surface area contributed by atoms with Crippen molar-refractivity contribution in [3.05, 3.63) is 28.0 Å². The zero-order valence-electron chi connectivity index (χ0n) is 11.3. The van der Waals surface area contributed by atoms with E-state index >= 15 is 0 Å². The zero-order chi connectivity index (χ0) is 13.7. The number of rotatable bonds is 4. The van der Waals surface area contributed by atoms with Gasteiger partial charge in [-0.2, -0.15) is 0 Å². The van der Waals surface area contributed by atoms with Gasteiger partial charge in [-0.3, -0.25) is 4.90 Å². The van der Waals surface area contributed by atoms with Crippen molar-refractivity contribution in [2.24, 2.45) is 5.92 Å². The van der Waals surface area contributed by atoms with Gasteiger partial charge >= 0.3 is 5.97 Å². The smallest absolute Gasteiger partial charge is 0.328 e. The first-order chi connectivity index (χ1) is 9.15. The van der Waals surface area contributed by atoms with Crippen LogP contribution in [-0.2, 0) is 11.3 Å². The Morgan fingerprint density at radius 2 is 2.37 bits per heavy atom. The molecule has 1 aliphatic rings. The van der Waals surface area contributed by atoms with Crippen LogP contribution < -0.4 is 0 Å². The van der Waals surface area contributed by atoms with Crippen molar-refractivity contribution in [2.45, 2.75) is 32.7 Å². The van der Waals surface area contributed by atoms with Crippen molar-refractivity contribution in [3.63, 3.8) is 0 Å². The molecule has 1 aliphatic heterocycles. The molecule has 1 N–H and O–H groups in total. The summed E-state index contributed by atoms with van der Waals surface area (Å²) < 4.78 is 0. The fraction of sp³-hybridized carbons (Fsp3) is 0.533. The van der Waals surface area contributed by atoms with E-state index in [1.165, 1.54) is 30.2 Å². The Labute approximate surface area is 118 Å². The van der Waals surface area contributed by atoms with E-state index in [9.17, 15) is 4.79 Å². The lowest BCUT2D eigenvalue weighted by molar-refractivity contribution is -0.131. The molecule has 3 nitrogen and oxygen atoms in total. The van der Waals surface area contributed by atoms with E-state index in [2.05, 4.69) is 11.8 Å².